The second-order valence-corrected chi connectivity index (χ2v) is 6.82. The van der Waals surface area contributed by atoms with Gasteiger partial charge in [0.05, 0.1) is 10.5 Å². The fraction of sp³-hybridized carbons (Fsp3) is 0.500. The number of halogens is 1. The first kappa shape index (κ1) is 14.4. The highest BCUT2D eigenvalue weighted by atomic mass is 35.5. The zero-order valence-electron chi connectivity index (χ0n) is 9.88. The Labute approximate surface area is 106 Å². The zero-order chi connectivity index (χ0) is 13.3. The topological polar surface area (TPSA) is 70.5 Å². The maximum Gasteiger partial charge on any atom is 0.243 e. The largest absolute Gasteiger partial charge is 0.389 e. The Kier molecular flexibility index (Phi) is 4.14. The summed E-state index contributed by atoms with van der Waals surface area (Å²) < 4.78 is 25.3. The van der Waals surface area contributed by atoms with Crippen LogP contribution in [0.15, 0.2) is 23.2 Å². The molecule has 0 saturated heterocycles. The Bertz CT molecular complexity index is 497. The molecule has 0 fully saturated rings. The summed E-state index contributed by atoms with van der Waals surface area (Å²) in [4.78, 5) is 3.78. The average molecular weight is 279 g/mol. The molecule has 0 unspecified atom stereocenters. The van der Waals surface area contributed by atoms with Crippen LogP contribution in [-0.4, -0.2) is 42.0 Å². The Hall–Kier alpha value is -0.690. The molecular weight excluding hydrogens is 264 g/mol. The summed E-state index contributed by atoms with van der Waals surface area (Å²) in [7, 11) is -2.24. The Morgan fingerprint density at radius 3 is 2.59 bits per heavy atom. The molecule has 7 heteroatoms. The van der Waals surface area contributed by atoms with Gasteiger partial charge in [-0.2, -0.15) is 4.31 Å². The van der Waals surface area contributed by atoms with Crippen molar-refractivity contribution < 1.29 is 13.5 Å². The molecule has 0 aliphatic carbocycles. The Morgan fingerprint density at radius 1 is 1.53 bits per heavy atom. The molecule has 96 valence electrons. The molecule has 0 radical (unpaired) electrons. The molecule has 0 amide bonds. The molecule has 0 atom stereocenters. The van der Waals surface area contributed by atoms with Crippen molar-refractivity contribution >= 4 is 21.6 Å². The highest BCUT2D eigenvalue weighted by Gasteiger charge is 2.26. The summed E-state index contributed by atoms with van der Waals surface area (Å²) in [5, 5.41) is 9.72. The molecule has 5 nitrogen and oxygen atoms in total. The Balaban J connectivity index is 3.04. The van der Waals surface area contributed by atoms with Crippen LogP contribution in [0.5, 0.6) is 0 Å². The average Bonchev–Trinajstić information content (AvgIpc) is 2.15. The van der Waals surface area contributed by atoms with Crippen molar-refractivity contribution in [2.24, 2.45) is 0 Å². The molecule has 0 aliphatic heterocycles. The van der Waals surface area contributed by atoms with Crippen LogP contribution in [-0.2, 0) is 10.0 Å². The van der Waals surface area contributed by atoms with Crippen LogP contribution >= 0.6 is 11.6 Å². The first-order valence-electron chi connectivity index (χ1n) is 4.93. The van der Waals surface area contributed by atoms with E-state index in [2.05, 4.69) is 4.98 Å². The third kappa shape index (κ3) is 3.92. The summed E-state index contributed by atoms with van der Waals surface area (Å²) >= 11 is 5.65. The number of hydrogen-bond acceptors (Lipinski definition) is 4. The predicted molar refractivity (Wildman–Crippen MR) is 65.4 cm³/mol. The number of rotatable bonds is 4. The molecule has 0 spiro atoms. The lowest BCUT2D eigenvalue weighted by Gasteiger charge is -2.25. The minimum absolute atomic E-state index is 0.00469. The number of nitrogens with zero attached hydrogens (tertiary/aromatic N) is 2. The fourth-order valence-corrected chi connectivity index (χ4v) is 2.93. The monoisotopic (exact) mass is 278 g/mol. The van der Waals surface area contributed by atoms with Gasteiger partial charge in [-0.15, -0.1) is 0 Å². The SMILES string of the molecule is CN(CC(C)(C)O)S(=O)(=O)c1ccnc(Cl)c1. The van der Waals surface area contributed by atoms with Gasteiger partial charge in [0.15, 0.2) is 0 Å². The lowest BCUT2D eigenvalue weighted by Crippen LogP contribution is -2.39. The van der Waals surface area contributed by atoms with Gasteiger partial charge in [-0.25, -0.2) is 13.4 Å². The fourth-order valence-electron chi connectivity index (χ4n) is 1.35. The van der Waals surface area contributed by atoms with Crippen molar-refractivity contribution in [2.75, 3.05) is 13.6 Å². The number of aliphatic hydroxyl groups is 1. The van der Waals surface area contributed by atoms with Crippen molar-refractivity contribution in [1.82, 2.24) is 9.29 Å². The van der Waals surface area contributed by atoms with Crippen molar-refractivity contribution in [2.45, 2.75) is 24.3 Å². The highest BCUT2D eigenvalue weighted by molar-refractivity contribution is 7.89. The van der Waals surface area contributed by atoms with E-state index >= 15 is 0 Å². The van der Waals surface area contributed by atoms with E-state index in [1.165, 1.54) is 25.4 Å². The standard InChI is InChI=1S/C10H15ClN2O3S/c1-10(2,14)7-13(3)17(15,16)8-4-5-12-9(11)6-8/h4-6,14H,7H2,1-3H3. The quantitative estimate of drug-likeness (QED) is 0.838. The van der Waals surface area contributed by atoms with Crippen molar-refractivity contribution in [1.29, 1.82) is 0 Å². The molecule has 0 saturated carbocycles. The minimum atomic E-state index is -3.65. The first-order chi connectivity index (χ1) is 7.63. The number of aromatic nitrogens is 1. The second-order valence-electron chi connectivity index (χ2n) is 4.39. The second kappa shape index (κ2) is 4.89. The zero-order valence-corrected chi connectivity index (χ0v) is 11.5. The normalized spacial score (nSPS) is 13.1. The number of hydrogen-bond donors (Lipinski definition) is 1. The maximum absolute atomic E-state index is 12.1. The van der Waals surface area contributed by atoms with Gasteiger partial charge in [0, 0.05) is 19.8 Å². The van der Waals surface area contributed by atoms with Crippen LogP contribution in [0.25, 0.3) is 0 Å². The molecule has 1 aromatic heterocycles. The van der Waals surface area contributed by atoms with E-state index in [0.717, 1.165) is 4.31 Å². The molecule has 1 rings (SSSR count). The van der Waals surface area contributed by atoms with E-state index in [-0.39, 0.29) is 16.6 Å². The molecule has 0 aliphatic rings. The summed E-state index contributed by atoms with van der Waals surface area (Å²) in [6.45, 7) is 3.08. The summed E-state index contributed by atoms with van der Waals surface area (Å²) in [6, 6.07) is 2.64. The van der Waals surface area contributed by atoms with Crippen LogP contribution in [0.2, 0.25) is 5.15 Å². The van der Waals surface area contributed by atoms with Gasteiger partial charge >= 0.3 is 0 Å². The third-order valence-corrected chi connectivity index (χ3v) is 4.02. The van der Waals surface area contributed by atoms with Crippen LogP contribution in [0.4, 0.5) is 0 Å². The molecule has 1 aromatic rings. The third-order valence-electron chi connectivity index (χ3n) is 2.02. The minimum Gasteiger partial charge on any atom is -0.389 e. The summed E-state index contributed by atoms with van der Waals surface area (Å²) in [5.41, 5.74) is -1.10. The van der Waals surface area contributed by atoms with Gasteiger partial charge in [-0.3, -0.25) is 0 Å². The van der Waals surface area contributed by atoms with E-state index < -0.39 is 15.6 Å². The van der Waals surface area contributed by atoms with Crippen LogP contribution < -0.4 is 0 Å². The van der Waals surface area contributed by atoms with E-state index in [4.69, 9.17) is 11.6 Å². The molecule has 1 N–H and O–H groups in total. The van der Waals surface area contributed by atoms with Gasteiger partial charge in [0.2, 0.25) is 10.0 Å². The highest BCUT2D eigenvalue weighted by Crippen LogP contribution is 2.18. The van der Waals surface area contributed by atoms with Crippen LogP contribution in [0.1, 0.15) is 13.8 Å². The van der Waals surface area contributed by atoms with Crippen molar-refractivity contribution in [3.8, 4) is 0 Å². The molecule has 17 heavy (non-hydrogen) atoms. The van der Waals surface area contributed by atoms with Gasteiger partial charge in [0.1, 0.15) is 5.15 Å². The number of pyridine rings is 1. The maximum atomic E-state index is 12.1. The number of sulfonamides is 1. The first-order valence-corrected chi connectivity index (χ1v) is 6.75. The van der Waals surface area contributed by atoms with Gasteiger partial charge in [-0.05, 0) is 26.0 Å². The number of likely N-dealkylation sites (N-methyl/N-ethyl adjacent to an activating group) is 1. The lowest BCUT2D eigenvalue weighted by atomic mass is 10.1. The molecular formula is C10H15ClN2O3S. The van der Waals surface area contributed by atoms with E-state index in [1.807, 2.05) is 0 Å². The van der Waals surface area contributed by atoms with Gasteiger partial charge < -0.3 is 5.11 Å². The lowest BCUT2D eigenvalue weighted by molar-refractivity contribution is 0.0640. The predicted octanol–water partition coefficient (Wildman–Crippen LogP) is 1.13. The summed E-state index contributed by atoms with van der Waals surface area (Å²) in [5.74, 6) is 0. The summed E-state index contributed by atoms with van der Waals surface area (Å²) in [6.07, 6.45) is 1.33. The van der Waals surface area contributed by atoms with Gasteiger partial charge in [-0.1, -0.05) is 11.6 Å². The smallest absolute Gasteiger partial charge is 0.243 e. The van der Waals surface area contributed by atoms with E-state index in [9.17, 15) is 13.5 Å². The van der Waals surface area contributed by atoms with E-state index in [1.54, 1.807) is 13.8 Å². The van der Waals surface area contributed by atoms with Crippen molar-refractivity contribution in [3.05, 3.63) is 23.5 Å². The van der Waals surface area contributed by atoms with Crippen molar-refractivity contribution in [3.63, 3.8) is 0 Å². The van der Waals surface area contributed by atoms with Crippen LogP contribution in [0.3, 0.4) is 0 Å². The molecule has 1 heterocycles. The van der Waals surface area contributed by atoms with Gasteiger partial charge in [0.25, 0.3) is 0 Å². The Morgan fingerprint density at radius 2 is 2.12 bits per heavy atom. The van der Waals surface area contributed by atoms with E-state index in [0.29, 0.717) is 0 Å². The molecule has 0 bridgehead atoms. The molecule has 0 aromatic carbocycles. The van der Waals surface area contributed by atoms with Crippen LogP contribution in [0, 0.1) is 0 Å².